The molecule has 3 saturated heterocycles. The highest BCUT2D eigenvalue weighted by atomic mass is 19.1. The fraction of sp³-hybridized carbons (Fsp3) is 0.682. The second-order valence-corrected chi connectivity index (χ2v) is 8.53. The van der Waals surface area contributed by atoms with Crippen LogP contribution in [0.4, 0.5) is 10.1 Å². The third-order valence-electron chi connectivity index (χ3n) is 6.88. The van der Waals surface area contributed by atoms with E-state index in [-0.39, 0.29) is 11.7 Å². The zero-order valence-electron chi connectivity index (χ0n) is 17.0. The van der Waals surface area contributed by atoms with Crippen molar-refractivity contribution in [1.29, 1.82) is 0 Å². The Labute approximate surface area is 168 Å². The third-order valence-corrected chi connectivity index (χ3v) is 6.88. The van der Waals surface area contributed by atoms with Gasteiger partial charge in [-0.25, -0.2) is 4.39 Å². The second-order valence-electron chi connectivity index (χ2n) is 8.53. The van der Waals surface area contributed by atoms with Crippen molar-refractivity contribution in [2.75, 3.05) is 57.3 Å². The Kier molecular flexibility index (Phi) is 6.16. The Bertz CT molecular complexity index is 651. The minimum Gasteiger partial charge on any atom is -0.369 e. The zero-order chi connectivity index (χ0) is 19.5. The highest BCUT2D eigenvalue weighted by Crippen LogP contribution is 2.25. The van der Waals surface area contributed by atoms with Gasteiger partial charge in [0.2, 0.25) is 5.91 Å². The quantitative estimate of drug-likeness (QED) is 0.796. The van der Waals surface area contributed by atoms with Crippen molar-refractivity contribution >= 4 is 11.6 Å². The molecule has 0 aliphatic carbocycles. The maximum absolute atomic E-state index is 13.2. The summed E-state index contributed by atoms with van der Waals surface area (Å²) in [5.74, 6) is 0.0489. The maximum atomic E-state index is 13.2. The number of nitrogens with zero attached hydrogens (tertiary/aromatic N) is 4. The van der Waals surface area contributed by atoms with E-state index in [4.69, 9.17) is 0 Å². The molecule has 3 aliphatic heterocycles. The Morgan fingerprint density at radius 1 is 0.857 bits per heavy atom. The van der Waals surface area contributed by atoms with Gasteiger partial charge in [-0.15, -0.1) is 0 Å². The molecular formula is C22H33FN4O. The van der Waals surface area contributed by atoms with E-state index in [1.807, 2.05) is 17.0 Å². The molecule has 0 aromatic heterocycles. The molecule has 6 heteroatoms. The van der Waals surface area contributed by atoms with Gasteiger partial charge in [0.05, 0.1) is 0 Å². The number of benzene rings is 1. The van der Waals surface area contributed by atoms with E-state index >= 15 is 0 Å². The van der Waals surface area contributed by atoms with Gasteiger partial charge in [-0.1, -0.05) is 0 Å². The van der Waals surface area contributed by atoms with Crippen molar-refractivity contribution in [2.45, 2.75) is 44.7 Å². The lowest BCUT2D eigenvalue weighted by Gasteiger charge is -2.47. The number of piperazine rings is 1. The lowest BCUT2D eigenvalue weighted by atomic mass is 9.96. The Hall–Kier alpha value is -1.66. The Balaban J connectivity index is 1.27. The van der Waals surface area contributed by atoms with Crippen LogP contribution in [0, 0.1) is 5.82 Å². The molecule has 1 atom stereocenters. The van der Waals surface area contributed by atoms with Crippen LogP contribution >= 0.6 is 0 Å². The van der Waals surface area contributed by atoms with Crippen molar-refractivity contribution in [2.24, 2.45) is 0 Å². The molecule has 0 N–H and O–H groups in total. The van der Waals surface area contributed by atoms with Gasteiger partial charge in [-0.3, -0.25) is 14.6 Å². The van der Waals surface area contributed by atoms with Gasteiger partial charge >= 0.3 is 0 Å². The van der Waals surface area contributed by atoms with Gasteiger partial charge < -0.3 is 9.80 Å². The predicted octanol–water partition coefficient (Wildman–Crippen LogP) is 2.42. The van der Waals surface area contributed by atoms with Crippen molar-refractivity contribution < 1.29 is 9.18 Å². The second kappa shape index (κ2) is 8.78. The van der Waals surface area contributed by atoms with Crippen LogP contribution in [0.25, 0.3) is 0 Å². The summed E-state index contributed by atoms with van der Waals surface area (Å²) in [5.41, 5.74) is 1.13. The van der Waals surface area contributed by atoms with Crippen molar-refractivity contribution in [1.82, 2.24) is 14.7 Å². The molecule has 1 aromatic carbocycles. The molecule has 0 saturated carbocycles. The van der Waals surface area contributed by atoms with E-state index in [1.54, 1.807) is 19.1 Å². The van der Waals surface area contributed by atoms with Crippen LogP contribution in [0.2, 0.25) is 0 Å². The van der Waals surface area contributed by atoms with E-state index in [0.29, 0.717) is 12.1 Å². The minimum atomic E-state index is -0.168. The van der Waals surface area contributed by atoms with Crippen LogP contribution in [-0.4, -0.2) is 85.0 Å². The third kappa shape index (κ3) is 4.49. The van der Waals surface area contributed by atoms with Gasteiger partial charge in [-0.2, -0.15) is 0 Å². The van der Waals surface area contributed by atoms with Crippen LogP contribution in [0.1, 0.15) is 32.6 Å². The van der Waals surface area contributed by atoms with E-state index < -0.39 is 0 Å². The van der Waals surface area contributed by atoms with Crippen LogP contribution in [-0.2, 0) is 4.79 Å². The number of halogens is 1. The van der Waals surface area contributed by atoms with Crippen LogP contribution in [0.3, 0.4) is 0 Å². The highest BCUT2D eigenvalue weighted by molar-refractivity contribution is 5.73. The fourth-order valence-electron chi connectivity index (χ4n) is 5.16. The van der Waals surface area contributed by atoms with Gasteiger partial charge in [0.1, 0.15) is 5.82 Å². The molecular weight excluding hydrogens is 355 g/mol. The molecule has 1 aromatic rings. The van der Waals surface area contributed by atoms with Crippen molar-refractivity contribution in [3.05, 3.63) is 30.1 Å². The average molecular weight is 389 g/mol. The standard InChI is InChI=1S/C22H33FN4O/c1-18(28)24-11-8-21(9-12-24)27-10-2-3-22(17-27)26-15-13-25(14-16-26)20-6-4-19(23)5-7-20/h4-7,21-22H,2-3,8-17H2,1H3. The summed E-state index contributed by atoms with van der Waals surface area (Å²) in [6, 6.07) is 8.17. The molecule has 4 rings (SSSR count). The number of anilines is 1. The molecule has 5 nitrogen and oxygen atoms in total. The lowest BCUT2D eigenvalue weighted by molar-refractivity contribution is -0.130. The monoisotopic (exact) mass is 388 g/mol. The molecule has 28 heavy (non-hydrogen) atoms. The molecule has 0 radical (unpaired) electrons. The number of piperidine rings is 2. The molecule has 154 valence electrons. The summed E-state index contributed by atoms with van der Waals surface area (Å²) in [7, 11) is 0. The molecule has 3 heterocycles. The summed E-state index contributed by atoms with van der Waals surface area (Å²) in [5, 5.41) is 0. The largest absolute Gasteiger partial charge is 0.369 e. The predicted molar refractivity (Wildman–Crippen MR) is 110 cm³/mol. The lowest BCUT2D eigenvalue weighted by Crippen LogP contribution is -2.57. The summed E-state index contributed by atoms with van der Waals surface area (Å²) in [6.07, 6.45) is 4.80. The first-order valence-corrected chi connectivity index (χ1v) is 10.8. The number of hydrogen-bond acceptors (Lipinski definition) is 4. The highest BCUT2D eigenvalue weighted by Gasteiger charge is 2.32. The fourth-order valence-corrected chi connectivity index (χ4v) is 5.16. The molecule has 0 bridgehead atoms. The van der Waals surface area contributed by atoms with Crippen molar-refractivity contribution in [3.8, 4) is 0 Å². The summed E-state index contributed by atoms with van der Waals surface area (Å²) in [4.78, 5) is 21.3. The van der Waals surface area contributed by atoms with E-state index in [0.717, 1.165) is 57.8 Å². The first-order valence-electron chi connectivity index (χ1n) is 10.8. The van der Waals surface area contributed by atoms with Crippen molar-refractivity contribution in [3.63, 3.8) is 0 Å². The topological polar surface area (TPSA) is 30.0 Å². The number of carbonyl (C=O) groups is 1. The first-order chi connectivity index (χ1) is 13.6. The average Bonchev–Trinajstić information content (AvgIpc) is 2.75. The number of rotatable bonds is 3. The van der Waals surface area contributed by atoms with Crippen LogP contribution in [0.5, 0.6) is 0 Å². The van der Waals surface area contributed by atoms with Gasteiger partial charge in [0.25, 0.3) is 0 Å². The molecule has 1 unspecified atom stereocenters. The molecule has 1 amide bonds. The molecule has 0 spiro atoms. The van der Waals surface area contributed by atoms with E-state index in [1.165, 1.54) is 25.9 Å². The van der Waals surface area contributed by atoms with Gasteiger partial charge in [0.15, 0.2) is 0 Å². The van der Waals surface area contributed by atoms with Gasteiger partial charge in [-0.05, 0) is 56.5 Å². The van der Waals surface area contributed by atoms with E-state index in [9.17, 15) is 9.18 Å². The van der Waals surface area contributed by atoms with E-state index in [2.05, 4.69) is 14.7 Å². The minimum absolute atomic E-state index is 0.168. The van der Waals surface area contributed by atoms with Gasteiger partial charge in [0, 0.05) is 70.5 Å². The van der Waals surface area contributed by atoms with Crippen LogP contribution < -0.4 is 4.90 Å². The molecule has 3 aliphatic rings. The maximum Gasteiger partial charge on any atom is 0.219 e. The SMILES string of the molecule is CC(=O)N1CCC(N2CCCC(N3CCN(c4ccc(F)cc4)CC3)C2)CC1. The zero-order valence-corrected chi connectivity index (χ0v) is 17.0. The molecule has 3 fully saturated rings. The van der Waals surface area contributed by atoms with Crippen LogP contribution in [0.15, 0.2) is 24.3 Å². The summed E-state index contributed by atoms with van der Waals surface area (Å²) in [6.45, 7) is 10.1. The Morgan fingerprint density at radius 2 is 1.54 bits per heavy atom. The Morgan fingerprint density at radius 3 is 2.18 bits per heavy atom. The number of hydrogen-bond donors (Lipinski definition) is 0. The number of likely N-dealkylation sites (tertiary alicyclic amines) is 2. The summed E-state index contributed by atoms with van der Waals surface area (Å²) < 4.78 is 13.2. The summed E-state index contributed by atoms with van der Waals surface area (Å²) >= 11 is 0. The number of carbonyl (C=O) groups excluding carboxylic acids is 1. The first kappa shape index (κ1) is 19.6. The smallest absolute Gasteiger partial charge is 0.219 e. The number of amides is 1. The normalized spacial score (nSPS) is 25.9.